The number of phenols is 2. The van der Waals surface area contributed by atoms with Crippen LogP contribution >= 0.6 is 0 Å². The van der Waals surface area contributed by atoms with E-state index >= 15 is 0 Å². The van der Waals surface area contributed by atoms with Crippen molar-refractivity contribution in [2.24, 2.45) is 11.8 Å². The highest BCUT2D eigenvalue weighted by atomic mass is 16.5. The molecule has 214 valence electrons. The molecule has 0 aromatic heterocycles. The van der Waals surface area contributed by atoms with Crippen LogP contribution in [-0.2, 0) is 23.7 Å². The summed E-state index contributed by atoms with van der Waals surface area (Å²) >= 11 is 0. The van der Waals surface area contributed by atoms with Crippen molar-refractivity contribution in [2.75, 3.05) is 27.2 Å². The number of piperidine rings is 2. The van der Waals surface area contributed by atoms with E-state index in [-0.39, 0.29) is 25.7 Å². The Morgan fingerprint density at radius 1 is 0.897 bits per heavy atom. The minimum atomic E-state index is 0. The molecule has 0 radical (unpaired) electrons. The SMILES string of the molecule is C.C.CC1C2Cc3ccc(O)cc3C1(C)CCN2C.CN1CCC23c4c5ccc(O)c4OC2CCCC3C1C5. The van der Waals surface area contributed by atoms with Crippen LogP contribution in [0.1, 0.15) is 83.1 Å². The summed E-state index contributed by atoms with van der Waals surface area (Å²) in [7, 11) is 4.52. The van der Waals surface area contributed by atoms with Crippen molar-refractivity contribution >= 4 is 0 Å². The number of phenolic OH excluding ortho intramolecular Hbond substituents is 2. The minimum absolute atomic E-state index is 0. The van der Waals surface area contributed by atoms with E-state index in [9.17, 15) is 10.2 Å². The van der Waals surface area contributed by atoms with Crippen LogP contribution in [-0.4, -0.2) is 65.4 Å². The van der Waals surface area contributed by atoms with Crippen LogP contribution in [0.25, 0.3) is 0 Å². The first-order valence-corrected chi connectivity index (χ1v) is 14.5. The number of nitrogens with zero attached hydrogens (tertiary/aromatic N) is 2. The normalized spacial score (nSPS) is 37.1. The van der Waals surface area contributed by atoms with Gasteiger partial charge in [0.15, 0.2) is 11.5 Å². The molecule has 5 heteroatoms. The first kappa shape index (κ1) is 28.3. The Hall–Kier alpha value is -2.24. The molecule has 3 aliphatic heterocycles. The van der Waals surface area contributed by atoms with Crippen molar-refractivity contribution in [3.05, 3.63) is 52.6 Å². The molecule has 2 N–H and O–H groups in total. The lowest BCUT2D eigenvalue weighted by Gasteiger charge is -2.57. The van der Waals surface area contributed by atoms with E-state index in [1.807, 2.05) is 18.2 Å². The van der Waals surface area contributed by atoms with E-state index in [1.165, 1.54) is 54.5 Å². The molecule has 4 bridgehead atoms. The van der Waals surface area contributed by atoms with Gasteiger partial charge in [-0.2, -0.15) is 0 Å². The average molecular weight is 535 g/mol. The van der Waals surface area contributed by atoms with Crippen molar-refractivity contribution < 1.29 is 14.9 Å². The lowest BCUT2D eigenvalue weighted by atomic mass is 9.52. The minimum Gasteiger partial charge on any atom is -0.508 e. The van der Waals surface area contributed by atoms with Gasteiger partial charge in [0.25, 0.3) is 0 Å². The largest absolute Gasteiger partial charge is 0.508 e. The molecule has 8 rings (SSSR count). The summed E-state index contributed by atoms with van der Waals surface area (Å²) in [5, 5.41) is 20.0. The number of aromatic hydroxyl groups is 2. The summed E-state index contributed by atoms with van der Waals surface area (Å²) in [6, 6.07) is 11.2. The summed E-state index contributed by atoms with van der Waals surface area (Å²) in [6.45, 7) is 7.07. The quantitative estimate of drug-likeness (QED) is 0.417. The average Bonchev–Trinajstić information content (AvgIpc) is 3.23. The highest BCUT2D eigenvalue weighted by Gasteiger charge is 2.63. The Labute approximate surface area is 236 Å². The zero-order valence-electron chi connectivity index (χ0n) is 22.8. The number of benzene rings is 2. The molecule has 7 unspecified atom stereocenters. The summed E-state index contributed by atoms with van der Waals surface area (Å²) in [5.74, 6) is 2.96. The van der Waals surface area contributed by atoms with E-state index in [4.69, 9.17) is 4.74 Å². The molecule has 0 amide bonds. The van der Waals surface area contributed by atoms with Gasteiger partial charge in [-0.15, -0.1) is 0 Å². The van der Waals surface area contributed by atoms with Gasteiger partial charge in [-0.1, -0.05) is 40.8 Å². The third-order valence-corrected chi connectivity index (χ3v) is 11.8. The molecule has 3 fully saturated rings. The van der Waals surface area contributed by atoms with Gasteiger partial charge in [0.2, 0.25) is 0 Å². The number of hydrogen-bond acceptors (Lipinski definition) is 5. The number of likely N-dealkylation sites (N-methyl/N-ethyl adjacent to an activating group) is 2. The Kier molecular flexibility index (Phi) is 7.03. The zero-order valence-corrected chi connectivity index (χ0v) is 22.8. The Morgan fingerprint density at radius 2 is 1.59 bits per heavy atom. The fraction of sp³-hybridized carbons (Fsp3) is 0.647. The first-order valence-electron chi connectivity index (χ1n) is 14.5. The number of ether oxygens (including phenoxy) is 1. The van der Waals surface area contributed by atoms with Crippen LogP contribution in [0, 0.1) is 11.8 Å². The molecule has 3 heterocycles. The van der Waals surface area contributed by atoms with Gasteiger partial charge in [-0.05, 0) is 124 Å². The smallest absolute Gasteiger partial charge is 0.165 e. The standard InChI is InChI=1S/C17H21NO2.C15H21NO.2CH4/c1-18-8-7-17-11-3-2-4-14(17)20-16-13(19)6-5-10(15(16)17)9-12(11)18;1-10-14-8-11-4-5-12(17)9-13(11)15(10,2)6-7-16(14)3;;/h5-6,11-12,14,19H,2-4,7-9H2,1H3;4-5,9-10,14,17H,6-8H2,1-3H3;2*1H4. The number of hydrogen-bond donors (Lipinski definition) is 2. The Morgan fingerprint density at radius 3 is 2.38 bits per heavy atom. The van der Waals surface area contributed by atoms with Crippen molar-refractivity contribution in [2.45, 2.75) is 103 Å². The number of fused-ring (bicyclic) bond motifs is 4. The molecular formula is C34H50N2O3. The summed E-state index contributed by atoms with van der Waals surface area (Å²) < 4.78 is 6.28. The van der Waals surface area contributed by atoms with E-state index in [0.29, 0.717) is 35.6 Å². The molecule has 3 aliphatic carbocycles. The molecule has 7 atom stereocenters. The van der Waals surface area contributed by atoms with Crippen LogP contribution in [0.3, 0.4) is 0 Å². The third kappa shape index (κ3) is 3.79. The first-order chi connectivity index (χ1) is 17.7. The van der Waals surface area contributed by atoms with Gasteiger partial charge in [0.1, 0.15) is 11.9 Å². The molecule has 2 saturated heterocycles. The van der Waals surface area contributed by atoms with Gasteiger partial charge in [0, 0.05) is 23.1 Å². The second-order valence-electron chi connectivity index (χ2n) is 13.2. The molecule has 5 nitrogen and oxygen atoms in total. The highest BCUT2D eigenvalue weighted by molar-refractivity contribution is 5.60. The van der Waals surface area contributed by atoms with Gasteiger partial charge in [-0.3, -0.25) is 0 Å². The molecule has 39 heavy (non-hydrogen) atoms. The molecule has 1 saturated carbocycles. The Balaban J connectivity index is 0.000000152. The topological polar surface area (TPSA) is 56.2 Å². The fourth-order valence-corrected chi connectivity index (χ4v) is 9.53. The predicted molar refractivity (Wildman–Crippen MR) is 159 cm³/mol. The molecule has 6 aliphatic rings. The van der Waals surface area contributed by atoms with Crippen molar-refractivity contribution in [1.29, 1.82) is 0 Å². The van der Waals surface area contributed by atoms with Gasteiger partial charge in [0.05, 0.1) is 0 Å². The number of rotatable bonds is 0. The van der Waals surface area contributed by atoms with Crippen molar-refractivity contribution in [3.63, 3.8) is 0 Å². The highest BCUT2D eigenvalue weighted by Crippen LogP contribution is 2.63. The second-order valence-corrected chi connectivity index (χ2v) is 13.2. The van der Waals surface area contributed by atoms with Crippen LogP contribution < -0.4 is 4.74 Å². The summed E-state index contributed by atoms with van der Waals surface area (Å²) in [4.78, 5) is 5.06. The molecule has 2 aromatic rings. The lowest BCUT2D eigenvalue weighted by molar-refractivity contribution is -0.0426. The maximum absolute atomic E-state index is 10.2. The second kappa shape index (κ2) is 9.69. The lowest BCUT2D eigenvalue weighted by Crippen LogP contribution is -2.63. The van der Waals surface area contributed by atoms with Crippen LogP contribution in [0.5, 0.6) is 17.2 Å². The molecule has 1 spiro atoms. The zero-order chi connectivity index (χ0) is 25.7. The summed E-state index contributed by atoms with van der Waals surface area (Å²) in [6.07, 6.45) is 8.69. The van der Waals surface area contributed by atoms with Crippen LogP contribution in [0.2, 0.25) is 0 Å². The van der Waals surface area contributed by atoms with E-state index in [0.717, 1.165) is 37.5 Å². The van der Waals surface area contributed by atoms with Gasteiger partial charge in [-0.25, -0.2) is 0 Å². The maximum Gasteiger partial charge on any atom is 0.165 e. The molecule has 2 aromatic carbocycles. The van der Waals surface area contributed by atoms with Crippen molar-refractivity contribution in [3.8, 4) is 17.2 Å². The predicted octanol–water partition coefficient (Wildman–Crippen LogP) is 6.27. The van der Waals surface area contributed by atoms with E-state index < -0.39 is 0 Å². The van der Waals surface area contributed by atoms with Crippen LogP contribution in [0.15, 0.2) is 30.3 Å². The monoisotopic (exact) mass is 534 g/mol. The number of likely N-dealkylation sites (tertiary alicyclic amines) is 2. The van der Waals surface area contributed by atoms with Crippen molar-refractivity contribution in [1.82, 2.24) is 9.80 Å². The van der Waals surface area contributed by atoms with Crippen LogP contribution in [0.4, 0.5) is 0 Å². The fourth-order valence-electron chi connectivity index (χ4n) is 9.53. The van der Waals surface area contributed by atoms with Gasteiger partial charge >= 0.3 is 0 Å². The Bertz CT molecular complexity index is 1250. The molecular weight excluding hydrogens is 484 g/mol. The van der Waals surface area contributed by atoms with E-state index in [1.54, 1.807) is 0 Å². The summed E-state index contributed by atoms with van der Waals surface area (Å²) in [5.41, 5.74) is 6.07. The van der Waals surface area contributed by atoms with Gasteiger partial charge < -0.3 is 24.7 Å². The maximum atomic E-state index is 10.2. The third-order valence-electron chi connectivity index (χ3n) is 11.8. The van der Waals surface area contributed by atoms with E-state index in [2.05, 4.69) is 49.9 Å².